The summed E-state index contributed by atoms with van der Waals surface area (Å²) < 4.78 is 0. The number of carbonyl (C=O) groups excluding carboxylic acids is 1. The number of amides is 1. The summed E-state index contributed by atoms with van der Waals surface area (Å²) in [6.45, 7) is 4.08. The van der Waals surface area contributed by atoms with Gasteiger partial charge < -0.3 is 4.90 Å². The van der Waals surface area contributed by atoms with Gasteiger partial charge in [0.2, 0.25) is 0 Å². The van der Waals surface area contributed by atoms with Gasteiger partial charge in [0.05, 0.1) is 0 Å². The first-order valence-corrected chi connectivity index (χ1v) is 7.75. The molecule has 0 aliphatic rings. The maximum Gasteiger partial charge on any atom is 0.254 e. The van der Waals surface area contributed by atoms with E-state index in [1.165, 1.54) is 4.90 Å². The second-order valence-electron chi connectivity index (χ2n) is 4.54. The smallest absolute Gasteiger partial charge is 0.254 e. The van der Waals surface area contributed by atoms with E-state index in [9.17, 15) is 4.79 Å². The van der Waals surface area contributed by atoms with Crippen LogP contribution in [-0.4, -0.2) is 35.0 Å². The summed E-state index contributed by atoms with van der Waals surface area (Å²) in [6, 6.07) is 7.73. The molecule has 0 spiro atoms. The van der Waals surface area contributed by atoms with Crippen molar-refractivity contribution in [1.82, 2.24) is 4.90 Å². The van der Waals surface area contributed by atoms with Crippen molar-refractivity contribution < 1.29 is 4.79 Å². The molecule has 0 N–H and O–H groups in total. The molecule has 0 aliphatic heterocycles. The quantitative estimate of drug-likeness (QED) is 0.624. The number of nitrogens with zero attached hydrogens (tertiary/aromatic N) is 1. The molecule has 1 rings (SSSR count). The van der Waals surface area contributed by atoms with Crippen LogP contribution in [0.5, 0.6) is 0 Å². The summed E-state index contributed by atoms with van der Waals surface area (Å²) >= 11 is 5.11. The van der Waals surface area contributed by atoms with Crippen molar-refractivity contribution >= 4 is 33.6 Å². The molecule has 1 aromatic carbocycles. The fraction of sp³-hybridized carbons (Fsp3) is 0.462. The lowest BCUT2D eigenvalue weighted by atomic mass is 10.1. The molecule has 0 aromatic heterocycles. The van der Waals surface area contributed by atoms with Crippen LogP contribution in [0, 0.1) is 0 Å². The maximum atomic E-state index is 12.2. The fourth-order valence-electron chi connectivity index (χ4n) is 1.29. The molecule has 1 aromatic rings. The molecule has 0 aliphatic carbocycles. The third kappa shape index (κ3) is 3.49. The molecule has 0 saturated carbocycles. The minimum atomic E-state index is -0.185. The van der Waals surface area contributed by atoms with E-state index in [2.05, 4.69) is 15.9 Å². The van der Waals surface area contributed by atoms with Crippen LogP contribution in [0.2, 0.25) is 0 Å². The van der Waals surface area contributed by atoms with Gasteiger partial charge in [-0.05, 0) is 44.4 Å². The van der Waals surface area contributed by atoms with Crippen LogP contribution < -0.4 is 0 Å². The van der Waals surface area contributed by atoms with Crippen LogP contribution in [0.1, 0.15) is 24.2 Å². The normalized spacial score (nSPS) is 11.4. The van der Waals surface area contributed by atoms with Gasteiger partial charge >= 0.3 is 0 Å². The Morgan fingerprint density at radius 2 is 1.88 bits per heavy atom. The zero-order chi connectivity index (χ0) is 13.1. The van der Waals surface area contributed by atoms with Crippen molar-refractivity contribution in [2.45, 2.75) is 24.3 Å². The number of carbonyl (C=O) groups is 1. The lowest BCUT2D eigenvalue weighted by molar-refractivity contribution is 0.0663. The highest BCUT2D eigenvalue weighted by Crippen LogP contribution is 2.20. The van der Waals surface area contributed by atoms with Gasteiger partial charge in [0.25, 0.3) is 5.91 Å². The summed E-state index contributed by atoms with van der Waals surface area (Å²) in [7, 11) is 1.84. The molecular formula is C13H18BrNOS. The average Bonchev–Trinajstić information content (AvgIpc) is 2.37. The van der Waals surface area contributed by atoms with Gasteiger partial charge in [-0.3, -0.25) is 4.79 Å². The zero-order valence-electron chi connectivity index (χ0n) is 10.7. The van der Waals surface area contributed by atoms with E-state index >= 15 is 0 Å². The number of halogens is 1. The molecule has 17 heavy (non-hydrogen) atoms. The number of thioether (sulfide) groups is 1. The molecule has 0 bridgehead atoms. The first-order valence-electron chi connectivity index (χ1n) is 5.40. The van der Waals surface area contributed by atoms with Gasteiger partial charge in [0, 0.05) is 28.4 Å². The molecule has 2 nitrogen and oxygen atoms in total. The Morgan fingerprint density at radius 3 is 2.29 bits per heavy atom. The summed E-state index contributed by atoms with van der Waals surface area (Å²) in [5.41, 5.74) is 0.550. The second-order valence-corrected chi connectivity index (χ2v) is 5.98. The van der Waals surface area contributed by atoms with E-state index in [4.69, 9.17) is 0 Å². The van der Waals surface area contributed by atoms with Gasteiger partial charge in [0.15, 0.2) is 0 Å². The van der Waals surface area contributed by atoms with Gasteiger partial charge in [-0.2, -0.15) is 0 Å². The van der Waals surface area contributed by atoms with Crippen molar-refractivity contribution in [3.8, 4) is 0 Å². The molecule has 0 radical (unpaired) electrons. The van der Waals surface area contributed by atoms with Crippen molar-refractivity contribution in [3.63, 3.8) is 0 Å². The molecule has 0 atom stereocenters. The molecule has 0 heterocycles. The topological polar surface area (TPSA) is 20.3 Å². The van der Waals surface area contributed by atoms with Crippen LogP contribution in [0.3, 0.4) is 0 Å². The fourth-order valence-corrected chi connectivity index (χ4v) is 2.08. The number of hydrogen-bond acceptors (Lipinski definition) is 2. The predicted molar refractivity (Wildman–Crippen MR) is 78.2 cm³/mol. The van der Waals surface area contributed by atoms with Crippen LogP contribution >= 0.6 is 27.7 Å². The van der Waals surface area contributed by atoms with Crippen LogP contribution in [0.4, 0.5) is 0 Å². The Morgan fingerprint density at radius 1 is 1.35 bits per heavy atom. The molecule has 4 heteroatoms. The van der Waals surface area contributed by atoms with E-state index in [0.717, 1.165) is 10.9 Å². The zero-order valence-corrected chi connectivity index (χ0v) is 13.1. The Labute approximate surface area is 116 Å². The lowest BCUT2D eigenvalue weighted by Gasteiger charge is -2.34. The average molecular weight is 316 g/mol. The Hall–Kier alpha value is -0.480. The third-order valence-electron chi connectivity index (χ3n) is 2.88. The van der Waals surface area contributed by atoms with Gasteiger partial charge in [-0.15, -0.1) is 11.8 Å². The van der Waals surface area contributed by atoms with Gasteiger partial charge in [-0.1, -0.05) is 15.9 Å². The summed E-state index contributed by atoms with van der Waals surface area (Å²) in [4.78, 5) is 15.2. The predicted octanol–water partition coefficient (Wildman–Crippen LogP) is 3.65. The molecule has 0 saturated heterocycles. The third-order valence-corrected chi connectivity index (χ3v) is 4.99. The first kappa shape index (κ1) is 14.6. The monoisotopic (exact) mass is 315 g/mol. The molecule has 0 unspecified atom stereocenters. The highest BCUT2D eigenvalue weighted by atomic mass is 79.9. The molecule has 1 amide bonds. The number of alkyl halides is 1. The maximum absolute atomic E-state index is 12.2. The van der Waals surface area contributed by atoms with Crippen molar-refractivity contribution in [1.29, 1.82) is 0 Å². The van der Waals surface area contributed by atoms with E-state index in [-0.39, 0.29) is 11.4 Å². The number of benzene rings is 1. The largest absolute Gasteiger partial charge is 0.336 e. The van der Waals surface area contributed by atoms with Gasteiger partial charge in [-0.25, -0.2) is 0 Å². The van der Waals surface area contributed by atoms with Crippen LogP contribution in [-0.2, 0) is 0 Å². The SMILES string of the molecule is CSc1ccc(C(=O)N(C)C(C)(C)CBr)cc1. The highest BCUT2D eigenvalue weighted by Gasteiger charge is 2.26. The highest BCUT2D eigenvalue weighted by molar-refractivity contribution is 9.09. The van der Waals surface area contributed by atoms with Crippen LogP contribution in [0.15, 0.2) is 29.2 Å². The van der Waals surface area contributed by atoms with Crippen molar-refractivity contribution in [2.75, 3.05) is 18.6 Å². The molecule has 0 fully saturated rings. The molecule has 94 valence electrons. The van der Waals surface area contributed by atoms with E-state index in [1.807, 2.05) is 51.4 Å². The van der Waals surface area contributed by atoms with E-state index in [0.29, 0.717) is 0 Å². The minimum Gasteiger partial charge on any atom is -0.336 e. The summed E-state index contributed by atoms with van der Waals surface area (Å²) in [6.07, 6.45) is 2.02. The van der Waals surface area contributed by atoms with Crippen molar-refractivity contribution in [2.24, 2.45) is 0 Å². The standard InChI is InChI=1S/C13H18BrNOS/c1-13(2,9-14)15(3)12(16)10-5-7-11(17-4)8-6-10/h5-8H,9H2,1-4H3. The summed E-state index contributed by atoms with van der Waals surface area (Å²) in [5.74, 6) is 0.0575. The number of hydrogen-bond donors (Lipinski definition) is 0. The Balaban J connectivity index is 2.89. The van der Waals surface area contributed by atoms with E-state index in [1.54, 1.807) is 16.7 Å². The Kier molecular flexibility index (Phi) is 5.07. The lowest BCUT2D eigenvalue weighted by Crippen LogP contribution is -2.46. The number of rotatable bonds is 4. The second kappa shape index (κ2) is 5.91. The van der Waals surface area contributed by atoms with Crippen LogP contribution in [0.25, 0.3) is 0 Å². The Bertz CT molecular complexity index is 389. The van der Waals surface area contributed by atoms with Crippen molar-refractivity contribution in [3.05, 3.63) is 29.8 Å². The summed E-state index contributed by atoms with van der Waals surface area (Å²) in [5, 5.41) is 0.755. The minimum absolute atomic E-state index is 0.0575. The van der Waals surface area contributed by atoms with E-state index < -0.39 is 0 Å². The first-order chi connectivity index (χ1) is 7.92. The molecular weight excluding hydrogens is 298 g/mol. The van der Waals surface area contributed by atoms with Gasteiger partial charge in [0.1, 0.15) is 0 Å².